The van der Waals surface area contributed by atoms with Crippen molar-refractivity contribution in [2.75, 3.05) is 5.32 Å². The molecule has 2 rings (SSSR count). The Kier molecular flexibility index (Phi) is 3.71. The van der Waals surface area contributed by atoms with Gasteiger partial charge in [0.1, 0.15) is 5.75 Å². The average Bonchev–Trinajstić information content (AvgIpc) is 2.38. The Morgan fingerprint density at radius 3 is 2.74 bits per heavy atom. The van der Waals surface area contributed by atoms with Crippen LogP contribution >= 0.6 is 0 Å². The molecule has 0 saturated heterocycles. The molecule has 1 amide bonds. The lowest BCUT2D eigenvalue weighted by atomic mass is 10.1. The van der Waals surface area contributed by atoms with Crippen LogP contribution in [0.2, 0.25) is 0 Å². The number of aryl methyl sites for hydroxylation is 1. The van der Waals surface area contributed by atoms with Gasteiger partial charge in [-0.2, -0.15) is 0 Å². The van der Waals surface area contributed by atoms with Gasteiger partial charge in [-0.3, -0.25) is 4.79 Å². The summed E-state index contributed by atoms with van der Waals surface area (Å²) in [6.45, 7) is 2.51. The zero-order valence-electron chi connectivity index (χ0n) is 10.7. The number of anilines is 1. The van der Waals surface area contributed by atoms with Gasteiger partial charge in [0, 0.05) is 17.8 Å². The van der Waals surface area contributed by atoms with Crippen LogP contribution in [0.4, 0.5) is 5.69 Å². The molecule has 98 valence electrons. The molecule has 0 atom stereocenters. The molecule has 0 unspecified atom stereocenters. The number of primary amides is 1. The van der Waals surface area contributed by atoms with Crippen LogP contribution in [0.1, 0.15) is 21.5 Å². The summed E-state index contributed by atoms with van der Waals surface area (Å²) >= 11 is 0. The van der Waals surface area contributed by atoms with E-state index in [0.29, 0.717) is 12.1 Å². The highest BCUT2D eigenvalue weighted by Crippen LogP contribution is 2.20. The highest BCUT2D eigenvalue weighted by molar-refractivity contribution is 5.92. The van der Waals surface area contributed by atoms with Gasteiger partial charge in [0.15, 0.2) is 0 Å². The summed E-state index contributed by atoms with van der Waals surface area (Å²) < 4.78 is 0. The molecule has 0 aromatic heterocycles. The molecule has 0 aliphatic carbocycles. The minimum absolute atomic E-state index is 0.249. The third-order valence-corrected chi connectivity index (χ3v) is 2.90. The first-order valence-electron chi connectivity index (χ1n) is 5.98. The SMILES string of the molecule is Cc1cc(O)ccc1NCc1cccc(C(N)=O)c1. The van der Waals surface area contributed by atoms with Gasteiger partial charge in [-0.25, -0.2) is 0 Å². The number of rotatable bonds is 4. The molecular weight excluding hydrogens is 240 g/mol. The van der Waals surface area contributed by atoms with E-state index < -0.39 is 5.91 Å². The van der Waals surface area contributed by atoms with E-state index in [-0.39, 0.29) is 5.75 Å². The summed E-state index contributed by atoms with van der Waals surface area (Å²) in [5, 5.41) is 12.6. The van der Waals surface area contributed by atoms with Crippen LogP contribution in [-0.4, -0.2) is 11.0 Å². The molecule has 4 nitrogen and oxygen atoms in total. The van der Waals surface area contributed by atoms with E-state index in [4.69, 9.17) is 5.73 Å². The number of benzene rings is 2. The minimum atomic E-state index is -0.428. The van der Waals surface area contributed by atoms with E-state index >= 15 is 0 Å². The normalized spacial score (nSPS) is 10.2. The van der Waals surface area contributed by atoms with Crippen LogP contribution in [0.3, 0.4) is 0 Å². The number of hydrogen-bond donors (Lipinski definition) is 3. The molecule has 2 aromatic carbocycles. The van der Waals surface area contributed by atoms with Crippen LogP contribution in [0, 0.1) is 6.92 Å². The fourth-order valence-electron chi connectivity index (χ4n) is 1.88. The van der Waals surface area contributed by atoms with Crippen LogP contribution in [-0.2, 0) is 6.54 Å². The van der Waals surface area contributed by atoms with Crippen molar-refractivity contribution in [2.24, 2.45) is 5.73 Å². The maximum Gasteiger partial charge on any atom is 0.248 e. The average molecular weight is 256 g/mol. The van der Waals surface area contributed by atoms with Gasteiger partial charge in [-0.1, -0.05) is 12.1 Å². The second-order valence-corrected chi connectivity index (χ2v) is 4.42. The Bertz CT molecular complexity index is 609. The van der Waals surface area contributed by atoms with Crippen LogP contribution < -0.4 is 11.1 Å². The van der Waals surface area contributed by atoms with Gasteiger partial charge in [0.25, 0.3) is 0 Å². The van der Waals surface area contributed by atoms with Crippen molar-refractivity contribution in [3.63, 3.8) is 0 Å². The molecule has 0 bridgehead atoms. The van der Waals surface area contributed by atoms with E-state index in [1.807, 2.05) is 19.1 Å². The fourth-order valence-corrected chi connectivity index (χ4v) is 1.88. The summed E-state index contributed by atoms with van der Waals surface area (Å²) in [6.07, 6.45) is 0. The van der Waals surface area contributed by atoms with Gasteiger partial charge < -0.3 is 16.2 Å². The molecule has 0 aliphatic heterocycles. The number of phenols is 1. The Labute approximate surface area is 111 Å². The van der Waals surface area contributed by atoms with E-state index in [1.54, 1.807) is 30.3 Å². The van der Waals surface area contributed by atoms with E-state index in [9.17, 15) is 9.90 Å². The summed E-state index contributed by atoms with van der Waals surface area (Å²) in [5.41, 5.74) is 8.63. The largest absolute Gasteiger partial charge is 0.508 e. The van der Waals surface area contributed by atoms with Crippen molar-refractivity contribution in [1.82, 2.24) is 0 Å². The first-order chi connectivity index (χ1) is 9.06. The van der Waals surface area contributed by atoms with Crippen LogP contribution in [0.5, 0.6) is 5.75 Å². The standard InChI is InChI=1S/C15H16N2O2/c1-10-7-13(18)5-6-14(10)17-9-11-3-2-4-12(8-11)15(16)19/h2-8,17-18H,9H2,1H3,(H2,16,19). The number of hydrogen-bond acceptors (Lipinski definition) is 3. The van der Waals surface area contributed by atoms with Gasteiger partial charge in [0.05, 0.1) is 0 Å². The predicted octanol–water partition coefficient (Wildman–Crippen LogP) is 2.41. The first kappa shape index (κ1) is 13.0. The van der Waals surface area contributed by atoms with Gasteiger partial charge >= 0.3 is 0 Å². The number of carbonyl (C=O) groups excluding carboxylic acids is 1. The Morgan fingerprint density at radius 2 is 2.05 bits per heavy atom. The minimum Gasteiger partial charge on any atom is -0.508 e. The summed E-state index contributed by atoms with van der Waals surface area (Å²) in [6, 6.07) is 12.3. The third-order valence-electron chi connectivity index (χ3n) is 2.90. The lowest BCUT2D eigenvalue weighted by Crippen LogP contribution is -2.11. The van der Waals surface area contributed by atoms with E-state index in [2.05, 4.69) is 5.32 Å². The Balaban J connectivity index is 2.10. The quantitative estimate of drug-likeness (QED) is 0.735. The van der Waals surface area contributed by atoms with Crippen molar-refractivity contribution in [3.05, 3.63) is 59.2 Å². The van der Waals surface area contributed by atoms with Crippen molar-refractivity contribution in [3.8, 4) is 5.75 Å². The van der Waals surface area contributed by atoms with Crippen molar-refractivity contribution < 1.29 is 9.90 Å². The first-order valence-corrected chi connectivity index (χ1v) is 5.98. The number of nitrogens with one attached hydrogen (secondary N) is 1. The molecule has 4 N–H and O–H groups in total. The second-order valence-electron chi connectivity index (χ2n) is 4.42. The number of phenolic OH excluding ortho intramolecular Hbond substituents is 1. The molecule has 0 fully saturated rings. The predicted molar refractivity (Wildman–Crippen MR) is 75.1 cm³/mol. The molecule has 0 heterocycles. The molecule has 0 aliphatic rings. The van der Waals surface area contributed by atoms with Crippen molar-refractivity contribution in [1.29, 1.82) is 0 Å². The summed E-state index contributed by atoms with van der Waals surface area (Å²) in [7, 11) is 0. The topological polar surface area (TPSA) is 75.3 Å². The third kappa shape index (κ3) is 3.25. The number of amides is 1. The van der Waals surface area contributed by atoms with Gasteiger partial charge in [-0.05, 0) is 48.4 Å². The molecule has 2 aromatic rings. The highest BCUT2D eigenvalue weighted by Gasteiger charge is 2.02. The monoisotopic (exact) mass is 256 g/mol. The molecule has 0 spiro atoms. The second kappa shape index (κ2) is 5.44. The fraction of sp³-hybridized carbons (Fsp3) is 0.133. The number of carbonyl (C=O) groups is 1. The van der Waals surface area contributed by atoms with E-state index in [1.165, 1.54) is 0 Å². The zero-order valence-corrected chi connectivity index (χ0v) is 10.7. The lowest BCUT2D eigenvalue weighted by molar-refractivity contribution is 0.1000. The molecule has 19 heavy (non-hydrogen) atoms. The maximum atomic E-state index is 11.1. The highest BCUT2D eigenvalue weighted by atomic mass is 16.3. The lowest BCUT2D eigenvalue weighted by Gasteiger charge is -2.10. The van der Waals surface area contributed by atoms with Crippen LogP contribution in [0.25, 0.3) is 0 Å². The summed E-state index contributed by atoms with van der Waals surface area (Å²) in [4.78, 5) is 11.1. The van der Waals surface area contributed by atoms with Gasteiger partial charge in [0.2, 0.25) is 5.91 Å². The Hall–Kier alpha value is -2.49. The van der Waals surface area contributed by atoms with Gasteiger partial charge in [-0.15, -0.1) is 0 Å². The zero-order chi connectivity index (χ0) is 13.8. The van der Waals surface area contributed by atoms with Crippen molar-refractivity contribution >= 4 is 11.6 Å². The summed E-state index contributed by atoms with van der Waals surface area (Å²) in [5.74, 6) is -0.179. The number of nitrogens with two attached hydrogens (primary N) is 1. The van der Waals surface area contributed by atoms with E-state index in [0.717, 1.165) is 16.8 Å². The van der Waals surface area contributed by atoms with Crippen LogP contribution in [0.15, 0.2) is 42.5 Å². The number of aromatic hydroxyl groups is 1. The molecule has 0 radical (unpaired) electrons. The Morgan fingerprint density at radius 1 is 1.26 bits per heavy atom. The van der Waals surface area contributed by atoms with Crippen molar-refractivity contribution in [2.45, 2.75) is 13.5 Å². The smallest absolute Gasteiger partial charge is 0.248 e. The maximum absolute atomic E-state index is 11.1. The molecule has 0 saturated carbocycles. The molecule has 4 heteroatoms. The molecular formula is C15H16N2O2.